The molecule has 1 aliphatic rings. The van der Waals surface area contributed by atoms with E-state index in [0.29, 0.717) is 27.1 Å². The number of hydrogen-bond acceptors (Lipinski definition) is 5. The first-order chi connectivity index (χ1) is 13.0. The van der Waals surface area contributed by atoms with E-state index in [4.69, 9.17) is 32.7 Å². The highest BCUT2D eigenvalue weighted by Crippen LogP contribution is 2.30. The Labute approximate surface area is 165 Å². The minimum Gasteiger partial charge on any atom is -0.485 e. The first-order valence-corrected chi connectivity index (χ1v) is 8.71. The molecule has 2 aromatic carbocycles. The van der Waals surface area contributed by atoms with Crippen LogP contribution in [0.5, 0.6) is 11.5 Å². The number of hydrazone groups is 1. The van der Waals surface area contributed by atoms with Crippen molar-refractivity contribution < 1.29 is 19.1 Å². The molecule has 0 fully saturated rings. The molecule has 3 rings (SSSR count). The van der Waals surface area contributed by atoms with Crippen molar-refractivity contribution in [3.63, 3.8) is 0 Å². The van der Waals surface area contributed by atoms with Crippen molar-refractivity contribution in [3.05, 3.63) is 58.1 Å². The van der Waals surface area contributed by atoms with Gasteiger partial charge in [0.2, 0.25) is 6.10 Å². The van der Waals surface area contributed by atoms with E-state index in [1.807, 2.05) is 6.07 Å². The number of carbonyl (C=O) groups excluding carboxylic acids is 2. The molecule has 1 atom stereocenters. The van der Waals surface area contributed by atoms with Gasteiger partial charge in [-0.15, -0.1) is 0 Å². The molecule has 2 aromatic rings. The SMILES string of the molecule is O=C(CNC(=O)C1COc2ccccc2O1)NN=Cc1ccc(Cl)cc1Cl. The first kappa shape index (κ1) is 19.0. The van der Waals surface area contributed by atoms with E-state index >= 15 is 0 Å². The summed E-state index contributed by atoms with van der Waals surface area (Å²) < 4.78 is 11.0. The summed E-state index contributed by atoms with van der Waals surface area (Å²) in [5.74, 6) is 0.110. The van der Waals surface area contributed by atoms with Crippen LogP contribution in [0.3, 0.4) is 0 Å². The van der Waals surface area contributed by atoms with Crippen molar-refractivity contribution in [1.82, 2.24) is 10.7 Å². The third-order valence-corrected chi connectivity index (χ3v) is 4.14. The number of nitrogens with one attached hydrogen (secondary N) is 2. The average Bonchev–Trinajstić information content (AvgIpc) is 2.67. The lowest BCUT2D eigenvalue weighted by molar-refractivity contribution is -0.132. The van der Waals surface area contributed by atoms with Crippen LogP contribution in [0.25, 0.3) is 0 Å². The largest absolute Gasteiger partial charge is 0.485 e. The van der Waals surface area contributed by atoms with Crippen molar-refractivity contribution in [2.24, 2.45) is 5.10 Å². The van der Waals surface area contributed by atoms with Gasteiger partial charge in [0.15, 0.2) is 11.5 Å². The number of rotatable bonds is 5. The summed E-state index contributed by atoms with van der Waals surface area (Å²) in [6, 6.07) is 11.9. The highest BCUT2D eigenvalue weighted by molar-refractivity contribution is 6.36. The van der Waals surface area contributed by atoms with Crippen molar-refractivity contribution in [2.45, 2.75) is 6.10 Å². The molecule has 0 spiro atoms. The molecule has 1 unspecified atom stereocenters. The van der Waals surface area contributed by atoms with Gasteiger partial charge in [0.1, 0.15) is 6.61 Å². The van der Waals surface area contributed by atoms with Gasteiger partial charge in [-0.3, -0.25) is 9.59 Å². The van der Waals surface area contributed by atoms with E-state index in [2.05, 4.69) is 15.8 Å². The predicted octanol–water partition coefficient (Wildman–Crippen LogP) is 2.40. The van der Waals surface area contributed by atoms with Crippen LogP contribution in [-0.4, -0.2) is 37.3 Å². The molecule has 2 N–H and O–H groups in total. The molecule has 0 aliphatic carbocycles. The minimum atomic E-state index is -0.830. The summed E-state index contributed by atoms with van der Waals surface area (Å²) in [6.07, 6.45) is 0.553. The van der Waals surface area contributed by atoms with Crippen LogP contribution in [0.1, 0.15) is 5.56 Å². The molecule has 140 valence electrons. The molecule has 9 heteroatoms. The second-order valence-corrected chi connectivity index (χ2v) is 6.38. The number of amides is 2. The van der Waals surface area contributed by atoms with Crippen LogP contribution >= 0.6 is 23.2 Å². The quantitative estimate of drug-likeness (QED) is 0.588. The van der Waals surface area contributed by atoms with E-state index in [9.17, 15) is 9.59 Å². The zero-order valence-electron chi connectivity index (χ0n) is 13.9. The van der Waals surface area contributed by atoms with Crippen molar-refractivity contribution in [3.8, 4) is 11.5 Å². The molecule has 0 bridgehead atoms. The summed E-state index contributed by atoms with van der Waals surface area (Å²) in [6.45, 7) is -0.191. The Morgan fingerprint density at radius 1 is 1.19 bits per heavy atom. The summed E-state index contributed by atoms with van der Waals surface area (Å²) in [7, 11) is 0. The molecule has 0 saturated heterocycles. The Balaban J connectivity index is 1.45. The molecule has 2 amide bonds. The molecular formula is C18H15Cl2N3O4. The van der Waals surface area contributed by atoms with Gasteiger partial charge in [-0.1, -0.05) is 41.4 Å². The molecule has 7 nitrogen and oxygen atoms in total. The Morgan fingerprint density at radius 3 is 2.74 bits per heavy atom. The minimum absolute atomic E-state index is 0.0671. The summed E-state index contributed by atoms with van der Waals surface area (Å²) in [5, 5.41) is 7.18. The maximum atomic E-state index is 12.1. The number of hydrogen-bond donors (Lipinski definition) is 2. The second-order valence-electron chi connectivity index (χ2n) is 5.54. The van der Waals surface area contributed by atoms with Gasteiger partial charge in [0, 0.05) is 10.6 Å². The van der Waals surface area contributed by atoms with Crippen molar-refractivity contribution >= 4 is 41.2 Å². The number of halogens is 2. The van der Waals surface area contributed by atoms with Crippen LogP contribution in [0.4, 0.5) is 0 Å². The van der Waals surface area contributed by atoms with Gasteiger partial charge >= 0.3 is 0 Å². The van der Waals surface area contributed by atoms with Crippen LogP contribution in [-0.2, 0) is 9.59 Å². The van der Waals surface area contributed by atoms with Crippen molar-refractivity contribution in [1.29, 1.82) is 0 Å². The maximum absolute atomic E-state index is 12.1. The second kappa shape index (κ2) is 8.75. The van der Waals surface area contributed by atoms with Gasteiger partial charge < -0.3 is 14.8 Å². The Bertz CT molecular complexity index is 889. The number of fused-ring (bicyclic) bond motifs is 1. The van der Waals surface area contributed by atoms with Crippen LogP contribution in [0.15, 0.2) is 47.6 Å². The Morgan fingerprint density at radius 2 is 1.96 bits per heavy atom. The monoisotopic (exact) mass is 407 g/mol. The molecule has 1 aliphatic heterocycles. The maximum Gasteiger partial charge on any atom is 0.265 e. The average molecular weight is 408 g/mol. The highest BCUT2D eigenvalue weighted by atomic mass is 35.5. The van der Waals surface area contributed by atoms with Gasteiger partial charge in [-0.2, -0.15) is 5.10 Å². The normalized spacial score (nSPS) is 15.4. The van der Waals surface area contributed by atoms with Gasteiger partial charge in [-0.05, 0) is 24.3 Å². The lowest BCUT2D eigenvalue weighted by Gasteiger charge is -2.25. The Hall–Kier alpha value is -2.77. The highest BCUT2D eigenvalue weighted by Gasteiger charge is 2.27. The number of nitrogens with zero attached hydrogens (tertiary/aromatic N) is 1. The lowest BCUT2D eigenvalue weighted by Crippen LogP contribution is -2.46. The Kier molecular flexibility index (Phi) is 6.16. The molecule has 27 heavy (non-hydrogen) atoms. The third kappa shape index (κ3) is 5.12. The van der Waals surface area contributed by atoms with E-state index in [-0.39, 0.29) is 13.2 Å². The topological polar surface area (TPSA) is 89.0 Å². The molecule has 1 heterocycles. The number of benzene rings is 2. The van der Waals surface area contributed by atoms with Gasteiger partial charge in [-0.25, -0.2) is 5.43 Å². The molecule has 0 aromatic heterocycles. The summed E-state index contributed by atoms with van der Waals surface area (Å²) >= 11 is 11.8. The van der Waals surface area contributed by atoms with E-state index < -0.39 is 17.9 Å². The lowest BCUT2D eigenvalue weighted by atomic mass is 10.2. The summed E-state index contributed by atoms with van der Waals surface area (Å²) in [4.78, 5) is 23.9. The molecular weight excluding hydrogens is 393 g/mol. The fourth-order valence-corrected chi connectivity index (χ4v) is 2.71. The fourth-order valence-electron chi connectivity index (χ4n) is 2.25. The van der Waals surface area contributed by atoms with E-state index in [1.165, 1.54) is 6.21 Å². The zero-order valence-corrected chi connectivity index (χ0v) is 15.5. The fraction of sp³-hybridized carbons (Fsp3) is 0.167. The predicted molar refractivity (Wildman–Crippen MR) is 102 cm³/mol. The summed E-state index contributed by atoms with van der Waals surface area (Å²) in [5.41, 5.74) is 2.89. The van der Waals surface area contributed by atoms with Crippen LogP contribution in [0.2, 0.25) is 10.0 Å². The van der Waals surface area contributed by atoms with Gasteiger partial charge in [0.25, 0.3) is 11.8 Å². The van der Waals surface area contributed by atoms with Crippen LogP contribution in [0, 0.1) is 0 Å². The van der Waals surface area contributed by atoms with Gasteiger partial charge in [0.05, 0.1) is 17.8 Å². The van der Waals surface area contributed by atoms with Crippen LogP contribution < -0.4 is 20.2 Å². The third-order valence-electron chi connectivity index (χ3n) is 3.58. The zero-order chi connectivity index (χ0) is 19.2. The number of ether oxygens (including phenoxy) is 2. The van der Waals surface area contributed by atoms with E-state index in [0.717, 1.165) is 0 Å². The number of para-hydroxylation sites is 2. The molecule has 0 radical (unpaired) electrons. The smallest absolute Gasteiger partial charge is 0.265 e. The standard InChI is InChI=1S/C18H15Cl2N3O4/c19-12-6-5-11(13(20)7-12)8-22-23-17(24)9-21-18(25)16-10-26-14-3-1-2-4-15(14)27-16/h1-8,16H,9-10H2,(H,21,25)(H,23,24). The number of carbonyl (C=O) groups is 2. The first-order valence-electron chi connectivity index (χ1n) is 7.96. The van der Waals surface area contributed by atoms with Crippen molar-refractivity contribution in [2.75, 3.05) is 13.2 Å². The molecule has 0 saturated carbocycles. The van der Waals surface area contributed by atoms with E-state index in [1.54, 1.807) is 36.4 Å².